The number of hydrogen-bond acceptors (Lipinski definition) is 3. The van der Waals surface area contributed by atoms with Crippen molar-refractivity contribution in [1.82, 2.24) is 5.32 Å². The third-order valence-corrected chi connectivity index (χ3v) is 3.45. The average molecular weight is 286 g/mol. The Labute approximate surface area is 125 Å². The lowest BCUT2D eigenvalue weighted by atomic mass is 10.0. The summed E-state index contributed by atoms with van der Waals surface area (Å²) < 4.78 is 5.46. The maximum Gasteiger partial charge on any atom is 0.237 e. The molecule has 21 heavy (non-hydrogen) atoms. The van der Waals surface area contributed by atoms with Crippen molar-refractivity contribution in [3.63, 3.8) is 0 Å². The van der Waals surface area contributed by atoms with Crippen LogP contribution in [0, 0.1) is 0 Å². The Morgan fingerprint density at radius 2 is 2.00 bits per heavy atom. The van der Waals surface area contributed by atoms with Crippen molar-refractivity contribution in [3.8, 4) is 0 Å². The number of unbranched alkanes of at least 4 members (excludes halogenated alkanes) is 1. The Kier molecular flexibility index (Phi) is 5.58. The van der Waals surface area contributed by atoms with Gasteiger partial charge in [0.2, 0.25) is 5.91 Å². The molecular weight excluding hydrogens is 264 g/mol. The van der Waals surface area contributed by atoms with E-state index in [1.165, 1.54) is 0 Å². The first kappa shape index (κ1) is 15.3. The zero-order valence-corrected chi connectivity index (χ0v) is 12.3. The van der Waals surface area contributed by atoms with Gasteiger partial charge in [-0.25, -0.2) is 0 Å². The molecule has 0 bridgehead atoms. The topological polar surface area (TPSA) is 68.3 Å². The minimum atomic E-state index is -0.480. The van der Waals surface area contributed by atoms with Crippen LogP contribution >= 0.6 is 0 Å². The van der Waals surface area contributed by atoms with Gasteiger partial charge < -0.3 is 15.5 Å². The number of carbonyl (C=O) groups excluding carboxylic acids is 1. The van der Waals surface area contributed by atoms with Gasteiger partial charge in [0.05, 0.1) is 12.3 Å². The van der Waals surface area contributed by atoms with Gasteiger partial charge in [-0.15, -0.1) is 0 Å². The fraction of sp³-hybridized carbons (Fsp3) is 0.353. The Morgan fingerprint density at radius 3 is 2.62 bits per heavy atom. The second kappa shape index (κ2) is 7.64. The Bertz CT molecular complexity index is 537. The van der Waals surface area contributed by atoms with E-state index >= 15 is 0 Å². The highest BCUT2D eigenvalue weighted by Crippen LogP contribution is 2.22. The number of amides is 1. The van der Waals surface area contributed by atoms with Gasteiger partial charge in [-0.05, 0) is 24.1 Å². The molecule has 0 radical (unpaired) electrons. The molecule has 2 rings (SSSR count). The average Bonchev–Trinajstić information content (AvgIpc) is 3.04. The van der Waals surface area contributed by atoms with Crippen LogP contribution in [0.2, 0.25) is 0 Å². The lowest BCUT2D eigenvalue weighted by Gasteiger charge is -2.20. The summed E-state index contributed by atoms with van der Waals surface area (Å²) in [5.41, 5.74) is 6.92. The van der Waals surface area contributed by atoms with Crippen LogP contribution < -0.4 is 11.1 Å². The number of hydrogen-bond donors (Lipinski definition) is 2. The van der Waals surface area contributed by atoms with Gasteiger partial charge in [0.25, 0.3) is 0 Å². The smallest absolute Gasteiger partial charge is 0.237 e. The summed E-state index contributed by atoms with van der Waals surface area (Å²) in [6.45, 7) is 2.08. The monoisotopic (exact) mass is 286 g/mol. The van der Waals surface area contributed by atoms with Crippen LogP contribution in [-0.4, -0.2) is 11.9 Å². The van der Waals surface area contributed by atoms with Gasteiger partial charge in [0.15, 0.2) is 0 Å². The Morgan fingerprint density at radius 1 is 1.24 bits per heavy atom. The van der Waals surface area contributed by atoms with Crippen LogP contribution in [-0.2, 0) is 4.79 Å². The predicted octanol–water partition coefficient (Wildman–Crippen LogP) is 3.00. The van der Waals surface area contributed by atoms with E-state index in [1.54, 1.807) is 6.26 Å². The maximum absolute atomic E-state index is 12.3. The second-order valence-corrected chi connectivity index (χ2v) is 5.12. The standard InChI is InChI=1S/C17H22N2O2/c1-2-3-10-14(18)17(20)19-16(15-11-7-12-21-15)13-8-5-4-6-9-13/h4-9,11-12,14,16H,2-3,10,18H2,1H3,(H,19,20)/t14-,16?/m0/s1. The number of nitrogens with two attached hydrogens (primary N) is 1. The molecule has 1 heterocycles. The molecule has 1 aromatic carbocycles. The second-order valence-electron chi connectivity index (χ2n) is 5.12. The highest BCUT2D eigenvalue weighted by Gasteiger charge is 2.22. The highest BCUT2D eigenvalue weighted by molar-refractivity contribution is 5.82. The third kappa shape index (κ3) is 4.20. The summed E-state index contributed by atoms with van der Waals surface area (Å²) >= 11 is 0. The Hall–Kier alpha value is -2.07. The quantitative estimate of drug-likeness (QED) is 0.822. The lowest BCUT2D eigenvalue weighted by molar-refractivity contribution is -0.123. The van der Waals surface area contributed by atoms with E-state index in [0.717, 1.165) is 18.4 Å². The maximum atomic E-state index is 12.3. The summed E-state index contributed by atoms with van der Waals surface area (Å²) in [6, 6.07) is 12.6. The first-order valence-electron chi connectivity index (χ1n) is 7.36. The van der Waals surface area contributed by atoms with Crippen LogP contribution in [0.5, 0.6) is 0 Å². The molecule has 2 atom stereocenters. The number of carbonyl (C=O) groups is 1. The molecule has 0 fully saturated rings. The normalized spacial score (nSPS) is 13.6. The van der Waals surface area contributed by atoms with E-state index < -0.39 is 6.04 Å². The van der Waals surface area contributed by atoms with Gasteiger partial charge in [-0.2, -0.15) is 0 Å². The zero-order valence-electron chi connectivity index (χ0n) is 12.3. The fourth-order valence-electron chi connectivity index (χ4n) is 2.22. The van der Waals surface area contributed by atoms with Gasteiger partial charge in [0.1, 0.15) is 11.8 Å². The molecule has 1 unspecified atom stereocenters. The summed E-state index contributed by atoms with van der Waals surface area (Å²) in [4.78, 5) is 12.3. The Balaban J connectivity index is 2.12. The molecule has 2 aromatic rings. The minimum absolute atomic E-state index is 0.145. The number of nitrogens with one attached hydrogen (secondary N) is 1. The van der Waals surface area contributed by atoms with E-state index in [9.17, 15) is 4.79 Å². The first-order valence-corrected chi connectivity index (χ1v) is 7.36. The molecule has 112 valence electrons. The molecule has 0 aliphatic carbocycles. The van der Waals surface area contributed by atoms with E-state index in [-0.39, 0.29) is 11.9 Å². The van der Waals surface area contributed by atoms with Crippen molar-refractivity contribution in [2.45, 2.75) is 38.3 Å². The highest BCUT2D eigenvalue weighted by atomic mass is 16.3. The van der Waals surface area contributed by atoms with E-state index in [1.807, 2.05) is 42.5 Å². The fourth-order valence-corrected chi connectivity index (χ4v) is 2.22. The summed E-state index contributed by atoms with van der Waals surface area (Å²) in [5.74, 6) is 0.561. The van der Waals surface area contributed by atoms with Crippen molar-refractivity contribution in [3.05, 3.63) is 60.1 Å². The number of rotatable bonds is 7. The van der Waals surface area contributed by atoms with Crippen LogP contribution in [0.1, 0.15) is 43.6 Å². The van der Waals surface area contributed by atoms with Gasteiger partial charge >= 0.3 is 0 Å². The van der Waals surface area contributed by atoms with Crippen molar-refractivity contribution >= 4 is 5.91 Å². The van der Waals surface area contributed by atoms with Crippen molar-refractivity contribution in [2.75, 3.05) is 0 Å². The molecule has 0 saturated heterocycles. The van der Waals surface area contributed by atoms with Crippen molar-refractivity contribution < 1.29 is 9.21 Å². The lowest BCUT2D eigenvalue weighted by Crippen LogP contribution is -2.42. The molecule has 0 aliphatic rings. The molecule has 3 N–H and O–H groups in total. The molecular formula is C17H22N2O2. The zero-order chi connectivity index (χ0) is 15.1. The number of furan rings is 1. The van der Waals surface area contributed by atoms with Crippen LogP contribution in [0.15, 0.2) is 53.1 Å². The molecule has 1 aromatic heterocycles. The molecule has 4 nitrogen and oxygen atoms in total. The van der Waals surface area contributed by atoms with E-state index in [0.29, 0.717) is 12.2 Å². The summed E-state index contributed by atoms with van der Waals surface area (Å²) in [6.07, 6.45) is 4.28. The molecule has 4 heteroatoms. The van der Waals surface area contributed by atoms with Crippen molar-refractivity contribution in [1.29, 1.82) is 0 Å². The number of benzene rings is 1. The van der Waals surface area contributed by atoms with E-state index in [2.05, 4.69) is 12.2 Å². The van der Waals surface area contributed by atoms with Crippen molar-refractivity contribution in [2.24, 2.45) is 5.73 Å². The van der Waals surface area contributed by atoms with E-state index in [4.69, 9.17) is 10.2 Å². The van der Waals surface area contributed by atoms with Gasteiger partial charge in [0, 0.05) is 0 Å². The predicted molar refractivity (Wildman–Crippen MR) is 82.6 cm³/mol. The van der Waals surface area contributed by atoms with Crippen LogP contribution in [0.25, 0.3) is 0 Å². The first-order chi connectivity index (χ1) is 10.2. The van der Waals surface area contributed by atoms with Crippen LogP contribution in [0.3, 0.4) is 0 Å². The largest absolute Gasteiger partial charge is 0.467 e. The summed E-state index contributed by atoms with van der Waals surface area (Å²) in [7, 11) is 0. The third-order valence-electron chi connectivity index (χ3n) is 3.45. The SMILES string of the molecule is CCCC[C@H](N)C(=O)NC(c1ccccc1)c1ccco1. The molecule has 1 amide bonds. The minimum Gasteiger partial charge on any atom is -0.467 e. The summed E-state index contributed by atoms with van der Waals surface area (Å²) in [5, 5.41) is 2.99. The molecule has 0 aliphatic heterocycles. The van der Waals surface area contributed by atoms with Gasteiger partial charge in [-0.3, -0.25) is 4.79 Å². The molecule has 0 saturated carbocycles. The van der Waals surface area contributed by atoms with Gasteiger partial charge in [-0.1, -0.05) is 50.1 Å². The van der Waals surface area contributed by atoms with Crippen LogP contribution in [0.4, 0.5) is 0 Å². The molecule has 0 spiro atoms.